The number of rotatable bonds is 19. The maximum Gasteiger partial charge on any atom is 0.338 e. The minimum atomic E-state index is -3.45. The van der Waals surface area contributed by atoms with Gasteiger partial charge in [0.25, 0.3) is 12.1 Å². The van der Waals surface area contributed by atoms with Gasteiger partial charge < -0.3 is 52.2 Å². The smallest absolute Gasteiger partial charge is 0.338 e. The molecule has 0 aromatic heterocycles. The van der Waals surface area contributed by atoms with Gasteiger partial charge in [-0.3, -0.25) is 5.41 Å². The Bertz CT molecular complexity index is 3370. The molecule has 2 aliphatic rings. The highest BCUT2D eigenvalue weighted by atomic mass is 35.6. The molecule has 446 valence electrons. The third-order valence-electron chi connectivity index (χ3n) is 14.3. The molecule has 9 rings (SSSR count). The van der Waals surface area contributed by atoms with Crippen molar-refractivity contribution in [1.29, 1.82) is 5.41 Å². The lowest BCUT2D eigenvalue weighted by Gasteiger charge is -2.47. The van der Waals surface area contributed by atoms with Crippen molar-refractivity contribution in [2.24, 2.45) is 0 Å². The van der Waals surface area contributed by atoms with Crippen molar-refractivity contribution in [3.05, 3.63) is 240 Å². The predicted octanol–water partition coefficient (Wildman–Crippen LogP) is 9.88. The van der Waals surface area contributed by atoms with Gasteiger partial charge >= 0.3 is 29.8 Å². The fourth-order valence-corrected chi connectivity index (χ4v) is 14.8. The molecule has 0 aliphatic carbocycles. The van der Waals surface area contributed by atoms with E-state index in [0.717, 1.165) is 10.4 Å². The van der Waals surface area contributed by atoms with Crippen LogP contribution in [0.5, 0.6) is 0 Å². The van der Waals surface area contributed by atoms with E-state index in [1.165, 1.54) is 60.7 Å². The van der Waals surface area contributed by atoms with Gasteiger partial charge in [0.05, 0.1) is 41.0 Å². The first kappa shape index (κ1) is 62.8. The van der Waals surface area contributed by atoms with Crippen molar-refractivity contribution < 1.29 is 76.1 Å². The molecular formula is C65H60Cl3NO16Si. The molecular weight excluding hydrogens is 1190 g/mol. The van der Waals surface area contributed by atoms with Crippen LogP contribution in [0.1, 0.15) is 72.6 Å². The van der Waals surface area contributed by atoms with E-state index in [1.807, 2.05) is 60.7 Å². The highest BCUT2D eigenvalue weighted by Crippen LogP contribution is 2.40. The zero-order valence-corrected chi connectivity index (χ0v) is 49.9. The van der Waals surface area contributed by atoms with E-state index in [4.69, 9.17) is 87.3 Å². The van der Waals surface area contributed by atoms with Crippen LogP contribution in [0.3, 0.4) is 0 Å². The van der Waals surface area contributed by atoms with E-state index in [0.29, 0.717) is 0 Å². The number of alkyl halides is 3. The van der Waals surface area contributed by atoms with Crippen LogP contribution in [-0.4, -0.2) is 128 Å². The summed E-state index contributed by atoms with van der Waals surface area (Å²) in [4.78, 5) is 71.3. The Hall–Kier alpha value is -7.75. The molecule has 2 saturated heterocycles. The van der Waals surface area contributed by atoms with Gasteiger partial charge in [-0.25, -0.2) is 24.0 Å². The monoisotopic (exact) mass is 1240 g/mol. The second-order valence-corrected chi connectivity index (χ2v) is 27.6. The van der Waals surface area contributed by atoms with E-state index < -0.39 is 121 Å². The van der Waals surface area contributed by atoms with Crippen molar-refractivity contribution in [1.82, 2.24) is 0 Å². The summed E-state index contributed by atoms with van der Waals surface area (Å²) < 4.78 is 61.6. The average Bonchev–Trinajstić information content (AvgIpc) is 0.871. The second kappa shape index (κ2) is 28.2. The Morgan fingerprint density at radius 2 is 0.744 bits per heavy atom. The van der Waals surface area contributed by atoms with Crippen LogP contribution >= 0.6 is 34.8 Å². The molecule has 0 amide bonds. The summed E-state index contributed by atoms with van der Waals surface area (Å²) in [5.74, 6) is -5.81. The number of benzene rings is 7. The molecule has 10 atom stereocenters. The number of esters is 5. The van der Waals surface area contributed by atoms with Crippen LogP contribution in [0.25, 0.3) is 0 Å². The summed E-state index contributed by atoms with van der Waals surface area (Å²) in [6.07, 6.45) is -18.1. The summed E-state index contributed by atoms with van der Waals surface area (Å²) >= 11 is 18.6. The quantitative estimate of drug-likeness (QED) is 0.0192. The zero-order valence-electron chi connectivity index (χ0n) is 46.6. The van der Waals surface area contributed by atoms with E-state index in [-0.39, 0.29) is 34.4 Å². The Kier molecular flexibility index (Phi) is 20.6. The van der Waals surface area contributed by atoms with Crippen molar-refractivity contribution >= 4 is 89.2 Å². The van der Waals surface area contributed by atoms with Crippen molar-refractivity contribution in [2.45, 2.75) is 91.0 Å². The summed E-state index contributed by atoms with van der Waals surface area (Å²) in [5.41, 5.74) is 0.252. The Labute approximate surface area is 512 Å². The van der Waals surface area contributed by atoms with Crippen LogP contribution < -0.4 is 10.4 Å². The Balaban J connectivity index is 1.15. The molecule has 0 radical (unpaired) electrons. The maximum absolute atomic E-state index is 14.4. The maximum atomic E-state index is 14.4. The van der Waals surface area contributed by atoms with E-state index in [9.17, 15) is 29.1 Å². The minimum Gasteiger partial charge on any atom is -0.453 e. The van der Waals surface area contributed by atoms with Crippen LogP contribution in [0.4, 0.5) is 0 Å². The van der Waals surface area contributed by atoms with E-state index >= 15 is 0 Å². The van der Waals surface area contributed by atoms with E-state index in [2.05, 4.69) is 20.8 Å². The number of carbonyl (C=O) groups excluding carboxylic acids is 5. The largest absolute Gasteiger partial charge is 0.453 e. The standard InChI is InChI=1S/C65H60Cl3NO16Si/c1-64(2,3)86(46-35-21-9-22-36-46,47-37-23-10-24-38-47)77-40-49-51(80-56(71)41-25-11-4-12-26-41)50(70)53(82-58(73)43-29-15-6-16-30-43)61(78-49)76-39-48-52(81-57(72)42-27-13-5-14-28-42)54(83-59(74)44-31-17-7-18-32-44)55(62(79-48)85-63(69)65(66,67)68)84-60(75)45-33-19-8-20-34-45/h4-38,48-55,61-62,69-70H,39-40H2,1-3H3/t48?,49-,50+,51?,52-,53?,54?,55-,61-,62?/m1/s1. The molecule has 21 heteroatoms. The lowest BCUT2D eigenvalue weighted by molar-refractivity contribution is -0.321. The molecule has 2 aliphatic heterocycles. The summed E-state index contributed by atoms with van der Waals surface area (Å²) in [6.45, 7) is 5.00. The third-order valence-corrected chi connectivity index (χ3v) is 19.8. The summed E-state index contributed by atoms with van der Waals surface area (Å²) in [7, 11) is -3.45. The molecule has 2 heterocycles. The van der Waals surface area contributed by atoms with Crippen LogP contribution in [0.2, 0.25) is 5.04 Å². The fraction of sp³-hybridized carbons (Fsp3) is 0.262. The normalized spacial score (nSPS) is 22.3. The molecule has 0 bridgehead atoms. The van der Waals surface area contributed by atoms with Crippen molar-refractivity contribution in [2.75, 3.05) is 13.2 Å². The highest BCUT2D eigenvalue weighted by Gasteiger charge is 2.58. The van der Waals surface area contributed by atoms with Crippen LogP contribution in [0.15, 0.2) is 212 Å². The SMILES string of the molecule is CC(C)(C)[Si](OC[C@H]1O[C@@H](OCC2OC(OC(=N)C(Cl)(Cl)Cl)[C@H](OC(=O)c3ccccc3)C(OC(=O)c3ccccc3)[C@@H]2OC(=O)c2ccccc2)C(OC(=O)c2ccccc2)[C@@H](O)C1OC(=O)c1ccccc1)(c1ccccc1)c1ccccc1. The van der Waals surface area contributed by atoms with Crippen LogP contribution in [0, 0.1) is 5.41 Å². The lowest BCUT2D eigenvalue weighted by Crippen LogP contribution is -2.68. The molecule has 2 N–H and O–H groups in total. The molecule has 2 fully saturated rings. The van der Waals surface area contributed by atoms with Gasteiger partial charge in [-0.1, -0.05) is 207 Å². The zero-order chi connectivity index (χ0) is 61.0. The molecule has 5 unspecified atom stereocenters. The number of aliphatic hydroxyl groups is 1. The third kappa shape index (κ3) is 14.9. The van der Waals surface area contributed by atoms with Gasteiger partial charge in [0.2, 0.25) is 18.3 Å². The first-order valence-electron chi connectivity index (χ1n) is 27.3. The van der Waals surface area contributed by atoms with Gasteiger partial charge in [0.1, 0.15) is 18.3 Å². The molecule has 0 saturated carbocycles. The second-order valence-electron chi connectivity index (χ2n) is 21.0. The topological polar surface area (TPSA) is 222 Å². The average molecular weight is 1250 g/mol. The van der Waals surface area contributed by atoms with Gasteiger partial charge in [-0.2, -0.15) is 0 Å². The lowest BCUT2D eigenvalue weighted by atomic mass is 9.97. The van der Waals surface area contributed by atoms with Gasteiger partial charge in [0, 0.05) is 0 Å². The minimum absolute atomic E-state index is 0.0149. The summed E-state index contributed by atoms with van der Waals surface area (Å²) in [5, 5.41) is 22.7. The predicted molar refractivity (Wildman–Crippen MR) is 320 cm³/mol. The van der Waals surface area contributed by atoms with Crippen molar-refractivity contribution in [3.63, 3.8) is 0 Å². The number of hydrogen-bond donors (Lipinski definition) is 2. The first-order valence-corrected chi connectivity index (χ1v) is 30.3. The van der Waals surface area contributed by atoms with E-state index in [1.54, 1.807) is 91.0 Å². The molecule has 17 nitrogen and oxygen atoms in total. The first-order chi connectivity index (χ1) is 41.3. The number of hydrogen-bond acceptors (Lipinski definition) is 17. The number of ether oxygens (including phenoxy) is 9. The number of carbonyl (C=O) groups is 5. The molecule has 86 heavy (non-hydrogen) atoms. The van der Waals surface area contributed by atoms with Gasteiger partial charge in [-0.05, 0) is 76.1 Å². The number of aliphatic hydroxyl groups excluding tert-OH is 1. The summed E-state index contributed by atoms with van der Waals surface area (Å²) in [6, 6.07) is 58.4. The molecule has 7 aromatic carbocycles. The van der Waals surface area contributed by atoms with Crippen molar-refractivity contribution in [3.8, 4) is 0 Å². The number of nitrogens with one attached hydrogen (secondary N) is 1. The van der Waals surface area contributed by atoms with Gasteiger partial charge in [-0.15, -0.1) is 0 Å². The number of halogens is 3. The molecule has 7 aromatic rings. The van der Waals surface area contributed by atoms with Crippen LogP contribution in [-0.2, 0) is 47.1 Å². The highest BCUT2D eigenvalue weighted by molar-refractivity contribution is 6.99. The van der Waals surface area contributed by atoms with Gasteiger partial charge in [0.15, 0.2) is 30.7 Å². The Morgan fingerprint density at radius 3 is 1.12 bits per heavy atom. The fourth-order valence-electron chi connectivity index (χ4n) is 10.1. The Morgan fingerprint density at radius 1 is 0.430 bits per heavy atom. The molecule has 0 spiro atoms.